The Morgan fingerprint density at radius 2 is 0.792 bits per heavy atom. The van der Waals surface area contributed by atoms with E-state index in [2.05, 4.69) is 74.6 Å². The highest BCUT2D eigenvalue weighted by Gasteiger charge is 2.27. The monoisotopic (exact) mass is 1030 g/mol. The second kappa shape index (κ2) is 53.5. The van der Waals surface area contributed by atoms with Crippen LogP contribution in [0.4, 0.5) is 0 Å². The zero-order valence-electron chi connectivity index (χ0n) is 47.7. The van der Waals surface area contributed by atoms with Crippen LogP contribution in [0.3, 0.4) is 0 Å². The third-order valence-electron chi connectivity index (χ3n) is 13.0. The summed E-state index contributed by atoms with van der Waals surface area (Å²) in [6.45, 7) is 4.29. The Morgan fingerprint density at radius 3 is 1.19 bits per heavy atom. The number of nitrogens with zero attached hydrogens (tertiary/aromatic N) is 1. The van der Waals surface area contributed by atoms with Crippen LogP contribution in [0.15, 0.2) is 60.8 Å². The molecule has 2 unspecified atom stereocenters. The van der Waals surface area contributed by atoms with Crippen LogP contribution >= 0.6 is 7.82 Å². The van der Waals surface area contributed by atoms with Crippen molar-refractivity contribution in [3.8, 4) is 0 Å². The molecule has 0 aliphatic carbocycles. The first-order chi connectivity index (χ1) is 35.0. The number of hydrogen-bond acceptors (Lipinski definition) is 7. The molecule has 72 heavy (non-hydrogen) atoms. The molecule has 420 valence electrons. The van der Waals surface area contributed by atoms with Crippen LogP contribution in [-0.2, 0) is 32.7 Å². The van der Waals surface area contributed by atoms with E-state index < -0.39 is 26.5 Å². The highest BCUT2D eigenvalue weighted by atomic mass is 31.2. The van der Waals surface area contributed by atoms with Crippen molar-refractivity contribution in [1.82, 2.24) is 0 Å². The molecule has 10 heteroatoms. The molecule has 0 saturated heterocycles. The van der Waals surface area contributed by atoms with Crippen molar-refractivity contribution in [1.29, 1.82) is 0 Å². The summed E-state index contributed by atoms with van der Waals surface area (Å²) in [6.07, 6.45) is 69.0. The molecule has 0 aromatic carbocycles. The Labute approximate surface area is 445 Å². The van der Waals surface area contributed by atoms with Gasteiger partial charge >= 0.3 is 19.8 Å². The number of likely N-dealkylation sites (N-methyl/N-ethyl adjacent to an activating group) is 1. The van der Waals surface area contributed by atoms with Gasteiger partial charge in [0.15, 0.2) is 6.10 Å². The van der Waals surface area contributed by atoms with Crippen molar-refractivity contribution in [3.63, 3.8) is 0 Å². The van der Waals surface area contributed by atoms with Gasteiger partial charge in [-0.15, -0.1) is 0 Å². The maximum atomic E-state index is 12.7. The minimum Gasteiger partial charge on any atom is -0.462 e. The predicted molar refractivity (Wildman–Crippen MR) is 307 cm³/mol. The van der Waals surface area contributed by atoms with Gasteiger partial charge in [0.25, 0.3) is 0 Å². The van der Waals surface area contributed by atoms with E-state index in [1.165, 1.54) is 173 Å². The number of unbranched alkanes of at least 4 members (excludes halogenated alkanes) is 31. The number of ether oxygens (including phenoxy) is 2. The van der Waals surface area contributed by atoms with E-state index in [0.717, 1.165) is 64.2 Å². The second-order valence-electron chi connectivity index (χ2n) is 21.4. The van der Waals surface area contributed by atoms with Crippen LogP contribution in [0, 0.1) is 0 Å². The van der Waals surface area contributed by atoms with E-state index in [-0.39, 0.29) is 32.0 Å². The fourth-order valence-electron chi connectivity index (χ4n) is 8.41. The van der Waals surface area contributed by atoms with Crippen LogP contribution in [0.5, 0.6) is 0 Å². The first-order valence-electron chi connectivity index (χ1n) is 30.0. The number of phosphoric acid groups is 1. The molecule has 0 rings (SSSR count). The van der Waals surface area contributed by atoms with Crippen LogP contribution in [0.1, 0.15) is 271 Å². The third-order valence-corrected chi connectivity index (χ3v) is 14.0. The molecule has 0 aromatic heterocycles. The molecule has 0 aliphatic rings. The number of allylic oxidation sites excluding steroid dienone is 10. The largest absolute Gasteiger partial charge is 0.472 e. The summed E-state index contributed by atoms with van der Waals surface area (Å²) < 4.78 is 34.4. The summed E-state index contributed by atoms with van der Waals surface area (Å²) in [5, 5.41) is 0. The number of carbonyl (C=O) groups excluding carboxylic acids is 2. The zero-order valence-corrected chi connectivity index (χ0v) is 48.6. The van der Waals surface area contributed by atoms with Gasteiger partial charge in [0.2, 0.25) is 0 Å². The first-order valence-corrected chi connectivity index (χ1v) is 31.5. The normalized spacial score (nSPS) is 13.7. The molecule has 0 fully saturated rings. The Hall–Kier alpha value is -2.29. The van der Waals surface area contributed by atoms with Crippen LogP contribution in [0.2, 0.25) is 0 Å². The molecule has 0 bridgehead atoms. The lowest BCUT2D eigenvalue weighted by atomic mass is 10.0. The van der Waals surface area contributed by atoms with Gasteiger partial charge in [-0.3, -0.25) is 18.6 Å². The molecule has 0 aromatic rings. The molecule has 0 saturated carbocycles. The van der Waals surface area contributed by atoms with E-state index >= 15 is 0 Å². The fraction of sp³-hybridized carbons (Fsp3) is 0.806. The third kappa shape index (κ3) is 57.0. The summed E-state index contributed by atoms with van der Waals surface area (Å²) >= 11 is 0. The quantitative estimate of drug-likeness (QED) is 0.0211. The number of phosphoric ester groups is 1. The lowest BCUT2D eigenvalue weighted by Gasteiger charge is -2.24. The van der Waals surface area contributed by atoms with Gasteiger partial charge in [-0.1, -0.05) is 242 Å². The Bertz CT molecular complexity index is 1400. The SMILES string of the molecule is CC/C=C\C/C=C\C/C=C\CCCCCC(=O)OC(COC(=O)CCCCCCCCCCCCCCCCCCCCCCCCC/C=C\C/C=C\CCCCCCC)COP(=O)(O)OCC[N+](C)(C)C. The van der Waals surface area contributed by atoms with E-state index in [4.69, 9.17) is 18.5 Å². The van der Waals surface area contributed by atoms with Gasteiger partial charge in [-0.05, 0) is 77.0 Å². The maximum absolute atomic E-state index is 12.7. The van der Waals surface area contributed by atoms with E-state index in [0.29, 0.717) is 17.4 Å². The van der Waals surface area contributed by atoms with E-state index in [1.807, 2.05) is 21.1 Å². The molecule has 0 radical (unpaired) electrons. The summed E-state index contributed by atoms with van der Waals surface area (Å²) in [7, 11) is 1.46. The minimum absolute atomic E-state index is 0.0253. The van der Waals surface area contributed by atoms with Gasteiger partial charge in [0.1, 0.15) is 19.8 Å². The van der Waals surface area contributed by atoms with Crippen LogP contribution in [0.25, 0.3) is 0 Å². The number of hydrogen-bond donors (Lipinski definition) is 1. The van der Waals surface area contributed by atoms with E-state index in [1.54, 1.807) is 0 Å². The zero-order chi connectivity index (χ0) is 52.7. The van der Waals surface area contributed by atoms with Crippen LogP contribution in [-0.4, -0.2) is 74.9 Å². The van der Waals surface area contributed by atoms with Gasteiger partial charge in [0, 0.05) is 12.8 Å². The molecule has 1 N–H and O–H groups in total. The molecule has 0 aliphatic heterocycles. The van der Waals surface area contributed by atoms with Gasteiger partial charge in [-0.25, -0.2) is 4.57 Å². The van der Waals surface area contributed by atoms with Crippen molar-refractivity contribution >= 4 is 19.8 Å². The Morgan fingerprint density at radius 1 is 0.444 bits per heavy atom. The van der Waals surface area contributed by atoms with Crippen molar-refractivity contribution in [3.05, 3.63) is 60.8 Å². The summed E-state index contributed by atoms with van der Waals surface area (Å²) in [6, 6.07) is 0. The highest BCUT2D eigenvalue weighted by Crippen LogP contribution is 2.43. The van der Waals surface area contributed by atoms with Gasteiger partial charge in [-0.2, -0.15) is 0 Å². The topological polar surface area (TPSA) is 108 Å². The van der Waals surface area contributed by atoms with Crippen molar-refractivity contribution in [2.24, 2.45) is 0 Å². The van der Waals surface area contributed by atoms with Crippen molar-refractivity contribution < 1.29 is 42.1 Å². The Kier molecular flexibility index (Phi) is 51.8. The highest BCUT2D eigenvalue weighted by molar-refractivity contribution is 7.47. The predicted octanol–water partition coefficient (Wildman–Crippen LogP) is 18.7. The Balaban J connectivity index is 3.93. The van der Waals surface area contributed by atoms with Crippen molar-refractivity contribution in [2.75, 3.05) is 47.5 Å². The molecular formula is C62H115NO8P+. The number of carbonyl (C=O) groups is 2. The lowest BCUT2D eigenvalue weighted by molar-refractivity contribution is -0.870. The fourth-order valence-corrected chi connectivity index (χ4v) is 9.16. The molecule has 9 nitrogen and oxygen atoms in total. The van der Waals surface area contributed by atoms with Crippen LogP contribution < -0.4 is 0 Å². The lowest BCUT2D eigenvalue weighted by Crippen LogP contribution is -2.37. The minimum atomic E-state index is -4.39. The summed E-state index contributed by atoms with van der Waals surface area (Å²) in [4.78, 5) is 35.6. The summed E-state index contributed by atoms with van der Waals surface area (Å²) in [5.41, 5.74) is 0. The summed E-state index contributed by atoms with van der Waals surface area (Å²) in [5.74, 6) is -0.825. The molecule has 2 atom stereocenters. The average molecular weight is 1030 g/mol. The standard InChI is InChI=1S/C62H114NO8P/c1-6-8-10-12-14-16-18-20-21-22-23-24-25-26-27-28-29-30-31-32-33-34-35-36-37-38-39-40-41-43-44-46-48-50-52-54-61(64)68-58-60(59-70-72(66,67)69-57-56-63(3,4)5)71-62(65)55-53-51-49-47-45-42-19-17-15-13-11-9-7-2/h9,11,15,17-18,20,22-23,42,45,60H,6-8,10,12-14,16,19,21,24-41,43-44,46-59H2,1-5H3/p+1/b11-9-,17-15-,20-18-,23-22-,45-42-. The molecule has 0 spiro atoms. The molecule has 0 amide bonds. The smallest absolute Gasteiger partial charge is 0.462 e. The molecule has 0 heterocycles. The van der Waals surface area contributed by atoms with Gasteiger partial charge in [0.05, 0.1) is 27.7 Å². The number of rotatable bonds is 55. The first kappa shape index (κ1) is 69.7. The molecular weight excluding hydrogens is 918 g/mol. The second-order valence-corrected chi connectivity index (χ2v) is 22.8. The number of esters is 2. The maximum Gasteiger partial charge on any atom is 0.472 e. The van der Waals surface area contributed by atoms with Crippen molar-refractivity contribution in [2.45, 2.75) is 277 Å². The van der Waals surface area contributed by atoms with Gasteiger partial charge < -0.3 is 18.9 Å². The van der Waals surface area contributed by atoms with E-state index in [9.17, 15) is 19.0 Å². The average Bonchev–Trinajstić information content (AvgIpc) is 3.34. The number of quaternary nitrogens is 1.